The average Bonchev–Trinajstić information content (AvgIpc) is 3.13. The minimum atomic E-state index is -0.175. The highest BCUT2D eigenvalue weighted by molar-refractivity contribution is 6.27. The molecule has 25 heavy (non-hydrogen) atoms. The van der Waals surface area contributed by atoms with E-state index in [0.29, 0.717) is 6.42 Å². The SMILES string of the molecule is O=C(CCl)N1N=C(c2ccc3ccccc3c2)CC1c1ccccc1. The van der Waals surface area contributed by atoms with E-state index >= 15 is 0 Å². The molecule has 4 rings (SSSR count). The number of amides is 1. The van der Waals surface area contributed by atoms with Gasteiger partial charge >= 0.3 is 0 Å². The van der Waals surface area contributed by atoms with Gasteiger partial charge in [0, 0.05) is 6.42 Å². The maximum Gasteiger partial charge on any atom is 0.258 e. The molecule has 3 aromatic carbocycles. The van der Waals surface area contributed by atoms with Gasteiger partial charge in [-0.25, -0.2) is 5.01 Å². The van der Waals surface area contributed by atoms with Crippen LogP contribution >= 0.6 is 11.6 Å². The molecule has 0 saturated heterocycles. The van der Waals surface area contributed by atoms with Crippen LogP contribution in [0.5, 0.6) is 0 Å². The molecule has 0 aromatic heterocycles. The molecular formula is C21H17ClN2O. The maximum absolute atomic E-state index is 12.3. The van der Waals surface area contributed by atoms with Gasteiger partial charge in [0.25, 0.3) is 5.91 Å². The molecule has 124 valence electrons. The number of halogens is 1. The fraction of sp³-hybridized carbons (Fsp3) is 0.143. The van der Waals surface area contributed by atoms with E-state index in [1.54, 1.807) is 0 Å². The Morgan fingerprint density at radius 2 is 1.72 bits per heavy atom. The monoisotopic (exact) mass is 348 g/mol. The fourth-order valence-electron chi connectivity index (χ4n) is 3.28. The number of hydrazone groups is 1. The number of nitrogens with zero attached hydrogens (tertiary/aromatic N) is 2. The van der Waals surface area contributed by atoms with Crippen LogP contribution in [0.25, 0.3) is 10.8 Å². The van der Waals surface area contributed by atoms with Crippen molar-refractivity contribution in [3.8, 4) is 0 Å². The zero-order valence-corrected chi connectivity index (χ0v) is 14.4. The molecule has 0 bridgehead atoms. The molecule has 0 saturated carbocycles. The third-order valence-corrected chi connectivity index (χ3v) is 4.78. The molecule has 0 aliphatic carbocycles. The lowest BCUT2D eigenvalue weighted by atomic mass is 9.97. The van der Waals surface area contributed by atoms with Gasteiger partial charge in [-0.3, -0.25) is 4.79 Å². The summed E-state index contributed by atoms with van der Waals surface area (Å²) >= 11 is 5.80. The minimum Gasteiger partial charge on any atom is -0.272 e. The van der Waals surface area contributed by atoms with E-state index in [2.05, 4.69) is 35.4 Å². The average molecular weight is 349 g/mol. The van der Waals surface area contributed by atoms with E-state index in [1.807, 2.05) is 42.5 Å². The number of carbonyl (C=O) groups is 1. The van der Waals surface area contributed by atoms with Gasteiger partial charge in [0.2, 0.25) is 0 Å². The molecule has 1 aliphatic rings. The topological polar surface area (TPSA) is 32.7 Å². The molecule has 3 nitrogen and oxygen atoms in total. The second-order valence-electron chi connectivity index (χ2n) is 6.11. The Morgan fingerprint density at radius 3 is 2.48 bits per heavy atom. The third-order valence-electron chi connectivity index (χ3n) is 4.55. The predicted molar refractivity (Wildman–Crippen MR) is 102 cm³/mol. The summed E-state index contributed by atoms with van der Waals surface area (Å²) in [5, 5.41) is 8.50. The highest BCUT2D eigenvalue weighted by atomic mass is 35.5. The van der Waals surface area contributed by atoms with Crippen molar-refractivity contribution in [1.29, 1.82) is 0 Å². The van der Waals surface area contributed by atoms with E-state index in [1.165, 1.54) is 15.8 Å². The molecule has 1 atom stereocenters. The van der Waals surface area contributed by atoms with Crippen molar-refractivity contribution in [1.82, 2.24) is 5.01 Å². The molecule has 0 fully saturated rings. The van der Waals surface area contributed by atoms with Crippen molar-refractivity contribution in [3.63, 3.8) is 0 Å². The molecular weight excluding hydrogens is 332 g/mol. The zero-order chi connectivity index (χ0) is 17.2. The first-order chi connectivity index (χ1) is 12.3. The lowest BCUT2D eigenvalue weighted by Gasteiger charge is -2.21. The van der Waals surface area contributed by atoms with Gasteiger partial charge in [-0.2, -0.15) is 5.10 Å². The second kappa shape index (κ2) is 6.69. The van der Waals surface area contributed by atoms with Crippen molar-refractivity contribution in [2.75, 3.05) is 5.88 Å². The van der Waals surface area contributed by atoms with Gasteiger partial charge in [-0.15, -0.1) is 11.6 Å². The number of hydrogen-bond acceptors (Lipinski definition) is 2. The highest BCUT2D eigenvalue weighted by Crippen LogP contribution is 2.33. The molecule has 1 unspecified atom stereocenters. The first kappa shape index (κ1) is 15.9. The Labute approximate surface area is 151 Å². The molecule has 3 aromatic rings. The predicted octanol–water partition coefficient (Wildman–Crippen LogP) is 4.76. The number of rotatable bonds is 3. The second-order valence-corrected chi connectivity index (χ2v) is 6.38. The van der Waals surface area contributed by atoms with Crippen LogP contribution in [0, 0.1) is 0 Å². The maximum atomic E-state index is 12.3. The summed E-state index contributed by atoms with van der Waals surface area (Å²) in [6.07, 6.45) is 0.685. The van der Waals surface area contributed by atoms with Crippen molar-refractivity contribution in [2.24, 2.45) is 5.10 Å². The molecule has 1 amide bonds. The van der Waals surface area contributed by atoms with Crippen molar-refractivity contribution < 1.29 is 4.79 Å². The van der Waals surface area contributed by atoms with Gasteiger partial charge in [-0.05, 0) is 28.0 Å². The Hall–Kier alpha value is -2.65. The summed E-state index contributed by atoms with van der Waals surface area (Å²) < 4.78 is 0. The fourth-order valence-corrected chi connectivity index (χ4v) is 3.40. The third kappa shape index (κ3) is 3.03. The zero-order valence-electron chi connectivity index (χ0n) is 13.6. The van der Waals surface area contributed by atoms with Crippen LogP contribution in [0.1, 0.15) is 23.6 Å². The highest BCUT2D eigenvalue weighted by Gasteiger charge is 2.32. The summed E-state index contributed by atoms with van der Waals surface area (Å²) in [6.45, 7) is 0. The molecule has 0 spiro atoms. The summed E-state index contributed by atoms with van der Waals surface area (Å²) in [4.78, 5) is 12.3. The Kier molecular flexibility index (Phi) is 4.24. The smallest absolute Gasteiger partial charge is 0.258 e. The number of fused-ring (bicyclic) bond motifs is 1. The van der Waals surface area contributed by atoms with Crippen molar-refractivity contribution in [3.05, 3.63) is 83.9 Å². The molecule has 1 aliphatic heterocycles. The lowest BCUT2D eigenvalue weighted by molar-refractivity contribution is -0.130. The largest absolute Gasteiger partial charge is 0.272 e. The van der Waals surface area contributed by atoms with E-state index in [4.69, 9.17) is 11.6 Å². The minimum absolute atomic E-state index is 0.0716. The van der Waals surface area contributed by atoms with Crippen LogP contribution in [-0.4, -0.2) is 22.5 Å². The number of alkyl halides is 1. The van der Waals surface area contributed by atoms with Gasteiger partial charge in [-0.1, -0.05) is 66.7 Å². The van der Waals surface area contributed by atoms with Gasteiger partial charge < -0.3 is 0 Å². The van der Waals surface area contributed by atoms with E-state index < -0.39 is 0 Å². The summed E-state index contributed by atoms with van der Waals surface area (Å²) in [7, 11) is 0. The number of hydrogen-bond donors (Lipinski definition) is 0. The van der Waals surface area contributed by atoms with Gasteiger partial charge in [0.1, 0.15) is 5.88 Å². The van der Waals surface area contributed by atoms with Gasteiger partial charge in [0.15, 0.2) is 0 Å². The number of benzene rings is 3. The van der Waals surface area contributed by atoms with Crippen LogP contribution in [0.3, 0.4) is 0 Å². The molecule has 0 N–H and O–H groups in total. The number of carbonyl (C=O) groups excluding carboxylic acids is 1. The van der Waals surface area contributed by atoms with Crippen molar-refractivity contribution >= 4 is 34.0 Å². The van der Waals surface area contributed by atoms with E-state index in [9.17, 15) is 4.79 Å². The van der Waals surface area contributed by atoms with E-state index in [0.717, 1.165) is 16.8 Å². The first-order valence-corrected chi connectivity index (χ1v) is 8.79. The van der Waals surface area contributed by atoms with Crippen LogP contribution in [-0.2, 0) is 4.79 Å². The summed E-state index contributed by atoms with van der Waals surface area (Å²) in [5.74, 6) is -0.246. The van der Waals surface area contributed by atoms with Crippen molar-refractivity contribution in [2.45, 2.75) is 12.5 Å². The first-order valence-electron chi connectivity index (χ1n) is 8.26. The molecule has 4 heteroatoms. The van der Waals surface area contributed by atoms with Crippen LogP contribution in [0.15, 0.2) is 77.9 Å². The molecule has 1 heterocycles. The normalized spacial score (nSPS) is 16.9. The summed E-state index contributed by atoms with van der Waals surface area (Å²) in [6, 6.07) is 24.4. The molecule has 0 radical (unpaired) electrons. The van der Waals surface area contributed by atoms with Crippen LogP contribution < -0.4 is 0 Å². The Balaban J connectivity index is 1.72. The Morgan fingerprint density at radius 1 is 1.00 bits per heavy atom. The lowest BCUT2D eigenvalue weighted by Crippen LogP contribution is -2.27. The Bertz CT molecular complexity index is 952. The quantitative estimate of drug-likeness (QED) is 0.628. The van der Waals surface area contributed by atoms with E-state index in [-0.39, 0.29) is 17.8 Å². The summed E-state index contributed by atoms with van der Waals surface area (Å²) in [5.41, 5.74) is 3.03. The van der Waals surface area contributed by atoms with Crippen LogP contribution in [0.4, 0.5) is 0 Å². The van der Waals surface area contributed by atoms with Gasteiger partial charge in [0.05, 0.1) is 11.8 Å². The van der Waals surface area contributed by atoms with Crippen LogP contribution in [0.2, 0.25) is 0 Å². The standard InChI is InChI=1S/C21H17ClN2O/c22-14-21(25)24-20(16-7-2-1-3-8-16)13-19(23-24)18-11-10-15-6-4-5-9-17(15)12-18/h1-12,20H,13-14H2.